The maximum atomic E-state index is 12.5. The highest BCUT2D eigenvalue weighted by Crippen LogP contribution is 2.26. The normalized spacial score (nSPS) is 11.2. The summed E-state index contributed by atoms with van der Waals surface area (Å²) in [4.78, 5) is 26.3. The smallest absolute Gasteiger partial charge is 0.340 e. The second-order valence-corrected chi connectivity index (χ2v) is 7.49. The maximum Gasteiger partial charge on any atom is 0.340 e. The van der Waals surface area contributed by atoms with Gasteiger partial charge in [0, 0.05) is 9.75 Å². The van der Waals surface area contributed by atoms with Crippen molar-refractivity contribution in [1.82, 2.24) is 0 Å². The number of ether oxygens (including phenoxy) is 1. The molecule has 0 unspecified atom stereocenters. The van der Waals surface area contributed by atoms with Crippen molar-refractivity contribution in [3.63, 3.8) is 0 Å². The zero-order chi connectivity index (χ0) is 18.4. The summed E-state index contributed by atoms with van der Waals surface area (Å²) in [5.41, 5.74) is 0.899. The summed E-state index contributed by atoms with van der Waals surface area (Å²) in [5.74, 6) is -0.997. The van der Waals surface area contributed by atoms with Crippen molar-refractivity contribution >= 4 is 63.5 Å². The second kappa shape index (κ2) is 8.80. The van der Waals surface area contributed by atoms with Crippen molar-refractivity contribution in [2.75, 3.05) is 11.9 Å². The van der Waals surface area contributed by atoms with Crippen molar-refractivity contribution in [1.29, 1.82) is 0 Å². The molecule has 2 aromatic heterocycles. The van der Waals surface area contributed by atoms with Gasteiger partial charge >= 0.3 is 5.97 Å². The van der Waals surface area contributed by atoms with Gasteiger partial charge in [0.25, 0.3) is 5.91 Å². The minimum Gasteiger partial charge on any atom is -0.452 e. The molecule has 0 spiro atoms. The summed E-state index contributed by atoms with van der Waals surface area (Å²) >= 11 is 8.96. The van der Waals surface area contributed by atoms with Crippen LogP contribution in [0.4, 0.5) is 5.69 Å². The van der Waals surface area contributed by atoms with E-state index in [0.29, 0.717) is 16.3 Å². The van der Waals surface area contributed by atoms with E-state index in [1.165, 1.54) is 22.7 Å². The molecule has 0 saturated carbocycles. The summed E-state index contributed by atoms with van der Waals surface area (Å²) in [6.45, 7) is -0.392. The molecule has 3 aromatic rings. The number of benzene rings is 1. The first kappa shape index (κ1) is 18.4. The van der Waals surface area contributed by atoms with Gasteiger partial charge in [0.2, 0.25) is 0 Å². The van der Waals surface area contributed by atoms with Crippen LogP contribution in [0.2, 0.25) is 5.02 Å². The lowest BCUT2D eigenvalue weighted by atomic mass is 10.2. The minimum atomic E-state index is -0.546. The van der Waals surface area contributed by atoms with E-state index in [0.717, 1.165) is 9.75 Å². The Kier molecular flexibility index (Phi) is 6.22. The van der Waals surface area contributed by atoms with Crippen molar-refractivity contribution in [3.05, 3.63) is 74.1 Å². The standard InChI is InChI=1S/C19H14ClNO3S2/c20-15-6-1-2-7-16(15)21-18(22)12-24-19(23)14(17-8-4-10-26-17)11-13-5-3-9-25-13/h1-11H,12H2,(H,21,22)/b14-11+. The van der Waals surface area contributed by atoms with E-state index in [-0.39, 0.29) is 0 Å². The molecule has 132 valence electrons. The molecule has 0 aliphatic rings. The topological polar surface area (TPSA) is 55.4 Å². The molecular weight excluding hydrogens is 390 g/mol. The summed E-state index contributed by atoms with van der Waals surface area (Å²) < 4.78 is 5.20. The van der Waals surface area contributed by atoms with Crippen LogP contribution in [0.5, 0.6) is 0 Å². The van der Waals surface area contributed by atoms with Gasteiger partial charge in [0.15, 0.2) is 6.61 Å². The fourth-order valence-electron chi connectivity index (χ4n) is 2.14. The number of carbonyl (C=O) groups is 2. The SMILES string of the molecule is O=C(COC(=O)/C(=C/c1cccs1)c1cccs1)Nc1ccccc1Cl. The zero-order valence-electron chi connectivity index (χ0n) is 13.5. The van der Waals surface area contributed by atoms with Gasteiger partial charge in [-0.2, -0.15) is 0 Å². The van der Waals surface area contributed by atoms with Crippen LogP contribution in [0.25, 0.3) is 11.6 Å². The number of thiophene rings is 2. The molecule has 0 atom stereocenters. The molecule has 7 heteroatoms. The molecule has 1 N–H and O–H groups in total. The number of esters is 1. The Morgan fingerprint density at radius 1 is 1.04 bits per heavy atom. The van der Waals surface area contributed by atoms with Crippen LogP contribution in [0, 0.1) is 0 Å². The lowest BCUT2D eigenvalue weighted by molar-refractivity contribution is -0.141. The number of carbonyl (C=O) groups excluding carboxylic acids is 2. The largest absolute Gasteiger partial charge is 0.452 e. The first-order chi connectivity index (χ1) is 12.6. The Labute approximate surface area is 163 Å². The van der Waals surface area contributed by atoms with Gasteiger partial charge in [-0.15, -0.1) is 22.7 Å². The molecule has 3 rings (SSSR count). The Hall–Kier alpha value is -2.41. The molecule has 0 saturated heterocycles. The van der Waals surface area contributed by atoms with Crippen LogP contribution in [-0.4, -0.2) is 18.5 Å². The van der Waals surface area contributed by atoms with Crippen LogP contribution >= 0.6 is 34.3 Å². The van der Waals surface area contributed by atoms with Crippen molar-refractivity contribution in [2.45, 2.75) is 0 Å². The molecule has 0 bridgehead atoms. The number of amides is 1. The van der Waals surface area contributed by atoms with Crippen LogP contribution in [0.1, 0.15) is 9.75 Å². The van der Waals surface area contributed by atoms with E-state index in [9.17, 15) is 9.59 Å². The highest BCUT2D eigenvalue weighted by Gasteiger charge is 2.17. The molecule has 4 nitrogen and oxygen atoms in total. The van der Waals surface area contributed by atoms with Gasteiger partial charge in [-0.05, 0) is 41.1 Å². The van der Waals surface area contributed by atoms with Gasteiger partial charge in [0.05, 0.1) is 16.3 Å². The third kappa shape index (κ3) is 4.82. The Morgan fingerprint density at radius 2 is 1.81 bits per heavy atom. The number of para-hydroxylation sites is 1. The highest BCUT2D eigenvalue weighted by atomic mass is 35.5. The van der Waals surface area contributed by atoms with E-state index in [2.05, 4.69) is 5.32 Å². The summed E-state index contributed by atoms with van der Waals surface area (Å²) in [5, 5.41) is 6.86. The highest BCUT2D eigenvalue weighted by molar-refractivity contribution is 7.12. The van der Waals surface area contributed by atoms with E-state index in [1.807, 2.05) is 35.0 Å². The van der Waals surface area contributed by atoms with E-state index in [4.69, 9.17) is 16.3 Å². The number of rotatable bonds is 6. The second-order valence-electron chi connectivity index (χ2n) is 5.15. The number of anilines is 1. The minimum absolute atomic E-state index is 0.392. The third-order valence-corrected chi connectivity index (χ3v) is 5.37. The Morgan fingerprint density at radius 3 is 2.50 bits per heavy atom. The molecule has 0 fully saturated rings. The molecular formula is C19H14ClNO3S2. The molecule has 2 heterocycles. The first-order valence-corrected chi connectivity index (χ1v) is 9.78. The summed E-state index contributed by atoms with van der Waals surface area (Å²) in [7, 11) is 0. The molecule has 26 heavy (non-hydrogen) atoms. The monoisotopic (exact) mass is 403 g/mol. The molecule has 0 radical (unpaired) electrons. The zero-order valence-corrected chi connectivity index (χ0v) is 15.9. The molecule has 1 amide bonds. The van der Waals surface area contributed by atoms with Gasteiger partial charge in [-0.25, -0.2) is 4.79 Å². The van der Waals surface area contributed by atoms with Gasteiger partial charge < -0.3 is 10.1 Å². The predicted octanol–water partition coefficient (Wildman–Crippen LogP) is 5.19. The fourth-order valence-corrected chi connectivity index (χ4v) is 3.71. The van der Waals surface area contributed by atoms with Crippen LogP contribution in [0.15, 0.2) is 59.3 Å². The summed E-state index contributed by atoms with van der Waals surface area (Å²) in [6.07, 6.45) is 1.77. The number of hydrogen-bond donors (Lipinski definition) is 1. The van der Waals surface area contributed by atoms with E-state index < -0.39 is 18.5 Å². The van der Waals surface area contributed by atoms with Crippen molar-refractivity contribution < 1.29 is 14.3 Å². The predicted molar refractivity (Wildman–Crippen MR) is 108 cm³/mol. The van der Waals surface area contributed by atoms with E-state index in [1.54, 1.807) is 30.3 Å². The maximum absolute atomic E-state index is 12.5. The Balaban J connectivity index is 1.67. The van der Waals surface area contributed by atoms with Crippen molar-refractivity contribution in [2.24, 2.45) is 0 Å². The average Bonchev–Trinajstić information content (AvgIpc) is 3.33. The number of halogens is 1. The van der Waals surface area contributed by atoms with Gasteiger partial charge in [-0.3, -0.25) is 4.79 Å². The quantitative estimate of drug-likeness (QED) is 0.455. The van der Waals surface area contributed by atoms with Gasteiger partial charge in [-0.1, -0.05) is 35.9 Å². The lowest BCUT2D eigenvalue weighted by Crippen LogP contribution is -2.21. The van der Waals surface area contributed by atoms with Crippen LogP contribution in [-0.2, 0) is 14.3 Å². The van der Waals surface area contributed by atoms with Crippen LogP contribution in [0.3, 0.4) is 0 Å². The van der Waals surface area contributed by atoms with E-state index >= 15 is 0 Å². The molecule has 0 aliphatic carbocycles. The van der Waals surface area contributed by atoms with Crippen LogP contribution < -0.4 is 5.32 Å². The third-order valence-electron chi connectivity index (χ3n) is 3.32. The lowest BCUT2D eigenvalue weighted by Gasteiger charge is -2.09. The number of nitrogens with one attached hydrogen (secondary N) is 1. The fraction of sp³-hybridized carbons (Fsp3) is 0.0526. The summed E-state index contributed by atoms with van der Waals surface area (Å²) in [6, 6.07) is 14.4. The average molecular weight is 404 g/mol. The number of hydrogen-bond acceptors (Lipinski definition) is 5. The van der Waals surface area contributed by atoms with Gasteiger partial charge in [0.1, 0.15) is 0 Å². The Bertz CT molecular complexity index is 918. The first-order valence-electron chi connectivity index (χ1n) is 7.64. The molecule has 0 aliphatic heterocycles. The van der Waals surface area contributed by atoms with Crippen molar-refractivity contribution in [3.8, 4) is 0 Å². The molecule has 1 aromatic carbocycles.